The second kappa shape index (κ2) is 9.33. The van der Waals surface area contributed by atoms with Crippen molar-refractivity contribution in [2.24, 2.45) is 0 Å². The van der Waals surface area contributed by atoms with Crippen LogP contribution < -0.4 is 0 Å². The number of hydrogen-bond donors (Lipinski definition) is 6. The molecule has 1 rings (SSSR count). The van der Waals surface area contributed by atoms with Crippen molar-refractivity contribution in [3.63, 3.8) is 0 Å². The fraction of sp³-hybridized carbons (Fsp3) is 0.500. The van der Waals surface area contributed by atoms with Crippen molar-refractivity contribution in [1.29, 1.82) is 0 Å². The summed E-state index contributed by atoms with van der Waals surface area (Å²) in [5, 5.41) is 35.0. The minimum Gasteiger partial charge on any atom is -0.505 e. The normalized spacial score (nSPS) is 19.3. The maximum Gasteiger partial charge on any atom is 0.425 e. The average molecular weight is 434 g/mol. The largest absolute Gasteiger partial charge is 0.505 e. The Kier molecular flexibility index (Phi) is 9.83. The Balaban J connectivity index is 0. The number of cyclic esters (lactones) is 1. The van der Waals surface area contributed by atoms with Crippen molar-refractivity contribution < 1.29 is 81.6 Å². The van der Waals surface area contributed by atoms with Crippen molar-refractivity contribution in [1.82, 2.24) is 0 Å². The molecular formula is C6H10CuO14S2. The van der Waals surface area contributed by atoms with E-state index in [0.29, 0.717) is 0 Å². The third-order valence-corrected chi connectivity index (χ3v) is 2.24. The van der Waals surface area contributed by atoms with Crippen LogP contribution in [0.25, 0.3) is 0 Å². The molecule has 2 atom stereocenters. The van der Waals surface area contributed by atoms with Gasteiger partial charge >= 0.3 is 26.8 Å². The van der Waals surface area contributed by atoms with Crippen LogP contribution in [-0.4, -0.2) is 71.2 Å². The number of esters is 1. The van der Waals surface area contributed by atoms with E-state index >= 15 is 0 Å². The van der Waals surface area contributed by atoms with E-state index < -0.39 is 57.1 Å². The van der Waals surface area contributed by atoms with Crippen LogP contribution in [0.3, 0.4) is 0 Å². The summed E-state index contributed by atoms with van der Waals surface area (Å²) in [5.74, 6) is -2.78. The zero-order valence-corrected chi connectivity index (χ0v) is 13.0. The monoisotopic (exact) mass is 433 g/mol. The van der Waals surface area contributed by atoms with Crippen molar-refractivity contribution in [3.05, 3.63) is 11.5 Å². The van der Waals surface area contributed by atoms with E-state index in [1.807, 2.05) is 0 Å². The molecule has 0 fully saturated rings. The summed E-state index contributed by atoms with van der Waals surface area (Å²) in [4.78, 5) is 10.5. The maximum atomic E-state index is 10.5. The van der Waals surface area contributed by atoms with Crippen molar-refractivity contribution >= 4 is 26.8 Å². The number of rotatable bonds is 5. The molecule has 14 nitrogen and oxygen atoms in total. The first-order valence-corrected chi connectivity index (χ1v) is 7.46. The molecule has 0 saturated carbocycles. The predicted octanol–water partition coefficient (Wildman–Crippen LogP) is -2.87. The molecule has 1 heterocycles. The summed E-state index contributed by atoms with van der Waals surface area (Å²) in [6.45, 7) is -0.671. The summed E-state index contributed by atoms with van der Waals surface area (Å²) in [6.07, 6.45) is -2.78. The number of carbonyl (C=O) groups is 1. The van der Waals surface area contributed by atoms with Crippen molar-refractivity contribution in [3.8, 4) is 0 Å². The van der Waals surface area contributed by atoms with Crippen LogP contribution in [0.5, 0.6) is 0 Å². The second-order valence-electron chi connectivity index (χ2n) is 3.30. The first kappa shape index (κ1) is 24.2. The van der Waals surface area contributed by atoms with Gasteiger partial charge in [-0.05, 0) is 0 Å². The number of aliphatic hydroxyl groups is 4. The number of hydrogen-bond acceptors (Lipinski definition) is 12. The maximum absolute atomic E-state index is 10.5. The van der Waals surface area contributed by atoms with Crippen LogP contribution in [0.1, 0.15) is 0 Å². The Labute approximate surface area is 139 Å². The standard InChI is InChI=1S/C6H8O6.Cu.H2O8S2/c7-1-2(8)5-3(9)4(10)6(11)12-5;;1-9(2,3)7-8-10(4,5)6/h2,5,7-10H,1H2;;(H,1,2,3)(H,4,5,6)/t2-,5+;;/m0../s1. The smallest absolute Gasteiger partial charge is 0.425 e. The molecule has 0 aromatic heterocycles. The molecule has 0 bridgehead atoms. The van der Waals surface area contributed by atoms with Gasteiger partial charge in [-0.15, -0.1) is 0 Å². The molecule has 0 aromatic rings. The molecule has 23 heavy (non-hydrogen) atoms. The van der Waals surface area contributed by atoms with Gasteiger partial charge in [0.15, 0.2) is 11.9 Å². The Morgan fingerprint density at radius 2 is 1.48 bits per heavy atom. The van der Waals surface area contributed by atoms with E-state index in [1.165, 1.54) is 0 Å². The average Bonchev–Trinajstić information content (AvgIpc) is 2.63. The van der Waals surface area contributed by atoms with Crippen LogP contribution in [0, 0.1) is 0 Å². The molecule has 0 aromatic carbocycles. The molecule has 1 aliphatic rings. The topological polar surface area (TPSA) is 234 Å². The zero-order valence-electron chi connectivity index (χ0n) is 10.4. The molecule has 0 saturated heterocycles. The van der Waals surface area contributed by atoms with Crippen LogP contribution in [-0.2, 0) is 56.1 Å². The molecule has 1 aliphatic heterocycles. The quantitative estimate of drug-likeness (QED) is 0.0840. The fourth-order valence-electron chi connectivity index (χ4n) is 0.893. The van der Waals surface area contributed by atoms with Gasteiger partial charge in [-0.2, -0.15) is 16.8 Å². The number of ether oxygens (including phenoxy) is 1. The van der Waals surface area contributed by atoms with Gasteiger partial charge in [0.05, 0.1) is 6.61 Å². The molecule has 141 valence electrons. The molecule has 0 spiro atoms. The first-order valence-electron chi connectivity index (χ1n) is 4.73. The molecular weight excluding hydrogens is 424 g/mol. The third kappa shape index (κ3) is 9.66. The fourth-order valence-corrected chi connectivity index (χ4v) is 1.45. The summed E-state index contributed by atoms with van der Waals surface area (Å²) >= 11 is 0. The summed E-state index contributed by atoms with van der Waals surface area (Å²) in [5.41, 5.74) is 0. The Hall–Kier alpha value is -1.01. The molecule has 0 amide bonds. The van der Waals surface area contributed by atoms with Gasteiger partial charge in [0, 0.05) is 17.1 Å². The second-order valence-corrected chi connectivity index (χ2v) is 5.28. The van der Waals surface area contributed by atoms with E-state index in [9.17, 15) is 21.6 Å². The van der Waals surface area contributed by atoms with Crippen molar-refractivity contribution in [2.75, 3.05) is 6.61 Å². The number of aliphatic hydroxyl groups excluding tert-OH is 4. The number of carbonyl (C=O) groups excluding carboxylic acids is 1. The van der Waals surface area contributed by atoms with Crippen molar-refractivity contribution in [2.45, 2.75) is 12.2 Å². The van der Waals surface area contributed by atoms with E-state index in [4.69, 9.17) is 29.5 Å². The minimum absolute atomic E-state index is 0. The minimum atomic E-state index is -5.02. The van der Waals surface area contributed by atoms with Crippen LogP contribution in [0.15, 0.2) is 11.5 Å². The Bertz CT molecular complexity index is 602. The third-order valence-electron chi connectivity index (χ3n) is 1.68. The van der Waals surface area contributed by atoms with Crippen LogP contribution >= 0.6 is 0 Å². The van der Waals surface area contributed by atoms with Gasteiger partial charge in [-0.25, -0.2) is 4.79 Å². The summed E-state index contributed by atoms with van der Waals surface area (Å²) in [7, 11) is -10.0. The van der Waals surface area contributed by atoms with E-state index in [0.717, 1.165) is 0 Å². The molecule has 6 N–H and O–H groups in total. The van der Waals surface area contributed by atoms with Gasteiger partial charge in [0.1, 0.15) is 6.10 Å². The Morgan fingerprint density at radius 3 is 1.70 bits per heavy atom. The summed E-state index contributed by atoms with van der Waals surface area (Å²) in [6, 6.07) is 0. The molecule has 0 aliphatic carbocycles. The first-order chi connectivity index (χ1) is 9.78. The van der Waals surface area contributed by atoms with Gasteiger partial charge in [0.2, 0.25) is 5.76 Å². The summed E-state index contributed by atoms with van der Waals surface area (Å²) < 4.78 is 63.2. The molecule has 1 radical (unpaired) electrons. The molecule has 17 heteroatoms. The SMILES string of the molecule is O=C1O[C@H]([C@@H](O)CO)C(O)=C1O.O=S(=O)(O)OOS(=O)(=O)O.[Cu]. The zero-order chi connectivity index (χ0) is 17.7. The predicted molar refractivity (Wildman–Crippen MR) is 60.5 cm³/mol. The van der Waals surface area contributed by atoms with Crippen LogP contribution in [0.4, 0.5) is 0 Å². The van der Waals surface area contributed by atoms with E-state index in [2.05, 4.69) is 13.4 Å². The van der Waals surface area contributed by atoms with Gasteiger partial charge < -0.3 is 25.2 Å². The van der Waals surface area contributed by atoms with Gasteiger partial charge in [-0.1, -0.05) is 8.67 Å². The van der Waals surface area contributed by atoms with Crippen LogP contribution in [0.2, 0.25) is 0 Å². The van der Waals surface area contributed by atoms with E-state index in [-0.39, 0.29) is 17.1 Å². The van der Waals surface area contributed by atoms with Gasteiger partial charge in [-0.3, -0.25) is 9.11 Å². The Morgan fingerprint density at radius 1 is 1.09 bits per heavy atom. The van der Waals surface area contributed by atoms with E-state index in [1.54, 1.807) is 0 Å². The molecule has 0 unspecified atom stereocenters. The van der Waals surface area contributed by atoms with Gasteiger partial charge in [0.25, 0.3) is 0 Å².